The predicted molar refractivity (Wildman–Crippen MR) is 113 cm³/mol. The largest absolute Gasteiger partial charge is 0.376 e. The van der Waals surface area contributed by atoms with Gasteiger partial charge in [0, 0.05) is 31.3 Å². The van der Waals surface area contributed by atoms with Crippen LogP contribution in [0, 0.1) is 0 Å². The van der Waals surface area contributed by atoms with E-state index in [1.807, 2.05) is 60.7 Å². The summed E-state index contributed by atoms with van der Waals surface area (Å²) in [5, 5.41) is 6.25. The van der Waals surface area contributed by atoms with E-state index in [0.29, 0.717) is 30.4 Å². The number of rotatable bonds is 7. The molecule has 2 N–H and O–H groups in total. The highest BCUT2D eigenvalue weighted by Gasteiger charge is 2.17. The molecule has 6 nitrogen and oxygen atoms in total. The maximum Gasteiger partial charge on any atom is 0.270 e. The van der Waals surface area contributed by atoms with Gasteiger partial charge >= 0.3 is 0 Å². The van der Waals surface area contributed by atoms with Gasteiger partial charge in [-0.3, -0.25) is 4.79 Å². The Balaban J connectivity index is 1.54. The first-order valence-corrected chi connectivity index (χ1v) is 9.90. The molecule has 0 saturated carbocycles. The number of hydrogen-bond acceptors (Lipinski definition) is 5. The SMILES string of the molecule is O=C(NCc1ccccc1)c1cc(NCC2CCCO2)nc(-c2ccccc2)n1. The van der Waals surface area contributed by atoms with Gasteiger partial charge in [0.2, 0.25) is 0 Å². The average molecular weight is 388 g/mol. The molecule has 3 aromatic rings. The molecule has 4 rings (SSSR count). The van der Waals surface area contributed by atoms with Crippen LogP contribution in [0.2, 0.25) is 0 Å². The number of carbonyl (C=O) groups excluding carboxylic acids is 1. The van der Waals surface area contributed by atoms with Crippen LogP contribution in [0.3, 0.4) is 0 Å². The van der Waals surface area contributed by atoms with Gasteiger partial charge in [0.15, 0.2) is 5.82 Å². The lowest BCUT2D eigenvalue weighted by Crippen LogP contribution is -2.25. The Morgan fingerprint density at radius 2 is 1.79 bits per heavy atom. The van der Waals surface area contributed by atoms with Gasteiger partial charge < -0.3 is 15.4 Å². The van der Waals surface area contributed by atoms with Crippen LogP contribution >= 0.6 is 0 Å². The number of benzene rings is 2. The Morgan fingerprint density at radius 1 is 1.03 bits per heavy atom. The van der Waals surface area contributed by atoms with Crippen LogP contribution in [0.25, 0.3) is 11.4 Å². The second-order valence-electron chi connectivity index (χ2n) is 7.01. The Labute approximate surface area is 170 Å². The van der Waals surface area contributed by atoms with Gasteiger partial charge in [0.25, 0.3) is 5.91 Å². The Hall–Kier alpha value is -3.25. The maximum absolute atomic E-state index is 12.8. The van der Waals surface area contributed by atoms with E-state index in [0.717, 1.165) is 30.6 Å². The van der Waals surface area contributed by atoms with Crippen LogP contribution in [-0.4, -0.2) is 35.1 Å². The first kappa shape index (κ1) is 19.1. The molecular weight excluding hydrogens is 364 g/mol. The van der Waals surface area contributed by atoms with Crippen molar-refractivity contribution in [1.82, 2.24) is 15.3 Å². The molecule has 2 aromatic carbocycles. The number of amides is 1. The number of hydrogen-bond donors (Lipinski definition) is 2. The van der Waals surface area contributed by atoms with E-state index in [2.05, 4.69) is 20.6 Å². The molecule has 1 amide bonds. The summed E-state index contributed by atoms with van der Waals surface area (Å²) in [6.07, 6.45) is 2.30. The minimum Gasteiger partial charge on any atom is -0.376 e. The topological polar surface area (TPSA) is 76.1 Å². The number of anilines is 1. The lowest BCUT2D eigenvalue weighted by molar-refractivity contribution is 0.0946. The van der Waals surface area contributed by atoms with E-state index in [-0.39, 0.29) is 12.0 Å². The van der Waals surface area contributed by atoms with Crippen LogP contribution < -0.4 is 10.6 Å². The third-order valence-corrected chi connectivity index (χ3v) is 4.82. The van der Waals surface area contributed by atoms with Crippen LogP contribution in [0.1, 0.15) is 28.9 Å². The van der Waals surface area contributed by atoms with E-state index >= 15 is 0 Å². The first-order valence-electron chi connectivity index (χ1n) is 9.90. The lowest BCUT2D eigenvalue weighted by Gasteiger charge is -2.13. The molecule has 1 atom stereocenters. The van der Waals surface area contributed by atoms with Crippen LogP contribution in [0.4, 0.5) is 5.82 Å². The number of carbonyl (C=O) groups is 1. The van der Waals surface area contributed by atoms with E-state index in [4.69, 9.17) is 4.74 Å². The fourth-order valence-electron chi connectivity index (χ4n) is 3.26. The molecule has 1 aromatic heterocycles. The number of aromatic nitrogens is 2. The van der Waals surface area contributed by atoms with Crippen molar-refractivity contribution in [2.24, 2.45) is 0 Å². The summed E-state index contributed by atoms with van der Waals surface area (Å²) < 4.78 is 5.67. The highest BCUT2D eigenvalue weighted by atomic mass is 16.5. The van der Waals surface area contributed by atoms with Gasteiger partial charge in [-0.15, -0.1) is 0 Å². The molecule has 1 saturated heterocycles. The number of nitrogens with zero attached hydrogens (tertiary/aromatic N) is 2. The average Bonchev–Trinajstić information content (AvgIpc) is 3.31. The zero-order valence-electron chi connectivity index (χ0n) is 16.2. The molecule has 1 aliphatic heterocycles. The molecule has 6 heteroatoms. The standard InChI is InChI=1S/C23H24N4O2/c28-23(25-15-17-8-3-1-4-9-17)20-14-21(24-16-19-12-7-13-29-19)27-22(26-20)18-10-5-2-6-11-18/h1-6,8-11,14,19H,7,12-13,15-16H2,(H,25,28)(H,24,26,27). The molecule has 29 heavy (non-hydrogen) atoms. The van der Waals surface area contributed by atoms with Crippen molar-refractivity contribution in [1.29, 1.82) is 0 Å². The van der Waals surface area contributed by atoms with Crippen molar-refractivity contribution in [2.45, 2.75) is 25.5 Å². The van der Waals surface area contributed by atoms with E-state index < -0.39 is 0 Å². The van der Waals surface area contributed by atoms with Gasteiger partial charge in [-0.25, -0.2) is 9.97 Å². The Morgan fingerprint density at radius 3 is 2.52 bits per heavy atom. The molecule has 148 valence electrons. The van der Waals surface area contributed by atoms with E-state index in [1.165, 1.54) is 0 Å². The van der Waals surface area contributed by atoms with Crippen molar-refractivity contribution >= 4 is 11.7 Å². The summed E-state index contributed by atoms with van der Waals surface area (Å²) in [4.78, 5) is 21.9. The summed E-state index contributed by atoms with van der Waals surface area (Å²) >= 11 is 0. The molecule has 0 bridgehead atoms. The molecule has 0 radical (unpaired) electrons. The Bertz CT molecular complexity index is 942. The van der Waals surface area contributed by atoms with Gasteiger partial charge in [0.1, 0.15) is 11.5 Å². The van der Waals surface area contributed by atoms with Crippen molar-refractivity contribution in [2.75, 3.05) is 18.5 Å². The van der Waals surface area contributed by atoms with Crippen molar-refractivity contribution in [3.05, 3.63) is 78.0 Å². The zero-order valence-corrected chi connectivity index (χ0v) is 16.2. The summed E-state index contributed by atoms with van der Waals surface area (Å²) in [6, 6.07) is 21.2. The first-order chi connectivity index (χ1) is 14.3. The number of nitrogens with one attached hydrogen (secondary N) is 2. The van der Waals surface area contributed by atoms with Gasteiger partial charge in [0.05, 0.1) is 6.10 Å². The fraction of sp³-hybridized carbons (Fsp3) is 0.261. The van der Waals surface area contributed by atoms with Crippen LogP contribution in [0.5, 0.6) is 0 Å². The minimum atomic E-state index is -0.228. The second-order valence-corrected chi connectivity index (χ2v) is 7.01. The smallest absolute Gasteiger partial charge is 0.270 e. The lowest BCUT2D eigenvalue weighted by atomic mass is 10.2. The molecule has 0 spiro atoms. The van der Waals surface area contributed by atoms with Crippen LogP contribution in [-0.2, 0) is 11.3 Å². The molecule has 1 unspecified atom stereocenters. The van der Waals surface area contributed by atoms with Crippen molar-refractivity contribution in [3.8, 4) is 11.4 Å². The summed E-state index contributed by atoms with van der Waals surface area (Å²) in [7, 11) is 0. The normalized spacial score (nSPS) is 15.8. The van der Waals surface area contributed by atoms with Crippen molar-refractivity contribution < 1.29 is 9.53 Å². The minimum absolute atomic E-state index is 0.181. The quantitative estimate of drug-likeness (QED) is 0.646. The fourth-order valence-corrected chi connectivity index (χ4v) is 3.26. The highest BCUT2D eigenvalue weighted by molar-refractivity contribution is 5.93. The molecule has 2 heterocycles. The third-order valence-electron chi connectivity index (χ3n) is 4.82. The van der Waals surface area contributed by atoms with Gasteiger partial charge in [-0.1, -0.05) is 60.7 Å². The predicted octanol–water partition coefficient (Wildman–Crippen LogP) is 3.66. The summed E-state index contributed by atoms with van der Waals surface area (Å²) in [5.74, 6) is 0.917. The second kappa shape index (κ2) is 9.30. The zero-order chi connectivity index (χ0) is 19.9. The van der Waals surface area contributed by atoms with E-state index in [1.54, 1.807) is 6.07 Å². The highest BCUT2D eigenvalue weighted by Crippen LogP contribution is 2.19. The molecule has 1 aliphatic rings. The third kappa shape index (κ3) is 5.18. The van der Waals surface area contributed by atoms with Crippen molar-refractivity contribution in [3.63, 3.8) is 0 Å². The summed E-state index contributed by atoms with van der Waals surface area (Å²) in [6.45, 7) is 1.91. The Kier molecular flexibility index (Phi) is 6.12. The molecule has 0 aliphatic carbocycles. The molecular formula is C23H24N4O2. The van der Waals surface area contributed by atoms with Gasteiger partial charge in [-0.05, 0) is 18.4 Å². The van der Waals surface area contributed by atoms with Crippen LogP contribution in [0.15, 0.2) is 66.7 Å². The maximum atomic E-state index is 12.8. The van der Waals surface area contributed by atoms with E-state index in [9.17, 15) is 4.79 Å². The molecule has 1 fully saturated rings. The summed E-state index contributed by atoms with van der Waals surface area (Å²) in [5.41, 5.74) is 2.24. The van der Waals surface area contributed by atoms with Gasteiger partial charge in [-0.2, -0.15) is 0 Å². The number of ether oxygens (including phenoxy) is 1. The monoisotopic (exact) mass is 388 g/mol.